The Labute approximate surface area is 86.3 Å². The second-order valence-corrected chi connectivity index (χ2v) is 4.11. The van der Waals surface area contributed by atoms with Gasteiger partial charge in [-0.05, 0) is 29.7 Å². The lowest BCUT2D eigenvalue weighted by Gasteiger charge is -2.08. The molecule has 2 atom stereocenters. The fourth-order valence-electron chi connectivity index (χ4n) is 1.68. The van der Waals surface area contributed by atoms with Crippen LogP contribution < -0.4 is 5.73 Å². The molecule has 1 aliphatic carbocycles. The van der Waals surface area contributed by atoms with E-state index in [9.17, 15) is 5.11 Å². The molecule has 0 saturated carbocycles. The Bertz CT molecular complexity index is 354. The van der Waals surface area contributed by atoms with E-state index in [1.165, 1.54) is 0 Å². The third-order valence-electron chi connectivity index (χ3n) is 2.36. The summed E-state index contributed by atoms with van der Waals surface area (Å²) in [6.45, 7) is 0. The Morgan fingerprint density at radius 1 is 1.38 bits per heavy atom. The zero-order chi connectivity index (χ0) is 9.59. The first-order valence-corrected chi connectivity index (χ1v) is 4.76. The fraction of sp³-hybridized carbons (Fsp3) is 0.333. The molecule has 0 unspecified atom stereocenters. The van der Waals surface area contributed by atoms with Crippen LogP contribution in [0.3, 0.4) is 0 Å². The Balaban J connectivity index is 2.57. The average molecular weight is 218 g/mol. The van der Waals surface area contributed by atoms with E-state index in [0.717, 1.165) is 11.1 Å². The van der Waals surface area contributed by atoms with Gasteiger partial charge in [-0.25, -0.2) is 0 Å². The summed E-state index contributed by atoms with van der Waals surface area (Å²) in [4.78, 5) is 0. The van der Waals surface area contributed by atoms with Gasteiger partial charge < -0.3 is 10.8 Å². The van der Waals surface area contributed by atoms with Gasteiger partial charge in [0.2, 0.25) is 0 Å². The molecule has 4 heteroatoms. The van der Waals surface area contributed by atoms with Crippen molar-refractivity contribution in [2.24, 2.45) is 5.73 Å². The summed E-state index contributed by atoms with van der Waals surface area (Å²) in [5.41, 5.74) is 7.39. The van der Waals surface area contributed by atoms with E-state index in [4.69, 9.17) is 28.9 Å². The summed E-state index contributed by atoms with van der Waals surface area (Å²) in [5, 5.41) is 10.8. The van der Waals surface area contributed by atoms with Crippen molar-refractivity contribution in [3.05, 3.63) is 33.3 Å². The molecule has 0 heterocycles. The summed E-state index contributed by atoms with van der Waals surface area (Å²) in [6.07, 6.45) is -0.0156. The minimum absolute atomic E-state index is 0.258. The van der Waals surface area contributed by atoms with Gasteiger partial charge in [-0.15, -0.1) is 0 Å². The van der Waals surface area contributed by atoms with Gasteiger partial charge in [0.05, 0.1) is 6.10 Å². The summed E-state index contributed by atoms with van der Waals surface area (Å²) in [5.74, 6) is 0. The molecule has 2 nitrogen and oxygen atoms in total. The zero-order valence-corrected chi connectivity index (χ0v) is 8.31. The van der Waals surface area contributed by atoms with Crippen LogP contribution in [0.1, 0.15) is 17.2 Å². The van der Waals surface area contributed by atoms with E-state index in [-0.39, 0.29) is 6.04 Å². The molecule has 70 valence electrons. The highest BCUT2D eigenvalue weighted by Crippen LogP contribution is 2.37. The number of hydrogen-bond donors (Lipinski definition) is 2. The van der Waals surface area contributed by atoms with Crippen molar-refractivity contribution in [1.29, 1.82) is 0 Å². The van der Waals surface area contributed by atoms with Gasteiger partial charge in [0.1, 0.15) is 0 Å². The topological polar surface area (TPSA) is 46.2 Å². The molecule has 0 aromatic heterocycles. The van der Waals surface area contributed by atoms with Crippen LogP contribution in [0.5, 0.6) is 0 Å². The van der Waals surface area contributed by atoms with Crippen molar-refractivity contribution in [3.8, 4) is 0 Å². The molecular formula is C9H9Cl2NO. The second-order valence-electron chi connectivity index (χ2n) is 3.27. The predicted octanol–water partition coefficient (Wildman–Crippen LogP) is 1.91. The van der Waals surface area contributed by atoms with Gasteiger partial charge in [0.15, 0.2) is 0 Å². The molecule has 0 bridgehead atoms. The standard InChI is InChI=1S/C9H9Cl2NO/c10-4-1-6-5(7(11)2-4)3-8(12)9(6)13/h1-2,8-9,13H,3,12H2/t8-,9+/m1/s1. The first-order chi connectivity index (χ1) is 6.09. The monoisotopic (exact) mass is 217 g/mol. The Morgan fingerprint density at radius 3 is 2.77 bits per heavy atom. The molecule has 2 rings (SSSR count). The Kier molecular flexibility index (Phi) is 2.24. The van der Waals surface area contributed by atoms with Crippen LogP contribution in [0, 0.1) is 0 Å². The van der Waals surface area contributed by atoms with Crippen LogP contribution in [0.4, 0.5) is 0 Å². The molecule has 0 spiro atoms. The first-order valence-electron chi connectivity index (χ1n) is 4.01. The third kappa shape index (κ3) is 1.44. The van der Waals surface area contributed by atoms with Crippen molar-refractivity contribution in [3.63, 3.8) is 0 Å². The minimum Gasteiger partial charge on any atom is -0.387 e. The normalized spacial score (nSPS) is 26.2. The molecule has 0 amide bonds. The van der Waals surface area contributed by atoms with Gasteiger partial charge in [0.25, 0.3) is 0 Å². The molecule has 0 aliphatic heterocycles. The second kappa shape index (κ2) is 3.14. The average Bonchev–Trinajstić information content (AvgIpc) is 2.32. The molecule has 1 aromatic carbocycles. The molecule has 13 heavy (non-hydrogen) atoms. The maximum absolute atomic E-state index is 9.66. The van der Waals surface area contributed by atoms with Gasteiger partial charge >= 0.3 is 0 Å². The highest BCUT2D eigenvalue weighted by Gasteiger charge is 2.29. The van der Waals surface area contributed by atoms with E-state index in [1.807, 2.05) is 0 Å². The van der Waals surface area contributed by atoms with Crippen LogP contribution >= 0.6 is 23.2 Å². The molecular weight excluding hydrogens is 209 g/mol. The zero-order valence-electron chi connectivity index (χ0n) is 6.80. The van der Waals surface area contributed by atoms with Crippen LogP contribution in [0.25, 0.3) is 0 Å². The highest BCUT2D eigenvalue weighted by atomic mass is 35.5. The van der Waals surface area contributed by atoms with Crippen molar-refractivity contribution in [2.75, 3.05) is 0 Å². The fourth-order valence-corrected chi connectivity index (χ4v) is 2.27. The molecule has 0 saturated heterocycles. The van der Waals surface area contributed by atoms with Crippen molar-refractivity contribution in [2.45, 2.75) is 18.6 Å². The largest absolute Gasteiger partial charge is 0.387 e. The summed E-state index contributed by atoms with van der Waals surface area (Å²) in [7, 11) is 0. The lowest BCUT2D eigenvalue weighted by atomic mass is 10.1. The molecule has 3 N–H and O–H groups in total. The molecule has 0 radical (unpaired) electrons. The van der Waals surface area contributed by atoms with Crippen molar-refractivity contribution in [1.82, 2.24) is 0 Å². The first kappa shape index (κ1) is 9.28. The lowest BCUT2D eigenvalue weighted by Crippen LogP contribution is -2.24. The maximum Gasteiger partial charge on any atom is 0.0947 e. The molecule has 1 aliphatic rings. The maximum atomic E-state index is 9.66. The quantitative estimate of drug-likeness (QED) is 0.698. The third-order valence-corrected chi connectivity index (χ3v) is 2.91. The number of rotatable bonds is 0. The summed E-state index contributed by atoms with van der Waals surface area (Å²) < 4.78 is 0. The van der Waals surface area contributed by atoms with Gasteiger partial charge in [-0.2, -0.15) is 0 Å². The van der Waals surface area contributed by atoms with Crippen molar-refractivity contribution >= 4 is 23.2 Å². The van der Waals surface area contributed by atoms with Crippen LogP contribution in [0.15, 0.2) is 12.1 Å². The Morgan fingerprint density at radius 2 is 2.08 bits per heavy atom. The van der Waals surface area contributed by atoms with E-state index < -0.39 is 6.10 Å². The number of hydrogen-bond acceptors (Lipinski definition) is 2. The van der Waals surface area contributed by atoms with Gasteiger partial charge in [0, 0.05) is 16.1 Å². The van der Waals surface area contributed by atoms with Gasteiger partial charge in [-0.3, -0.25) is 0 Å². The summed E-state index contributed by atoms with van der Waals surface area (Å²) >= 11 is 11.8. The molecule has 1 aromatic rings. The predicted molar refractivity (Wildman–Crippen MR) is 53.1 cm³/mol. The molecule has 0 fully saturated rings. The van der Waals surface area contributed by atoms with E-state index >= 15 is 0 Å². The number of aliphatic hydroxyl groups excluding tert-OH is 1. The van der Waals surface area contributed by atoms with E-state index in [2.05, 4.69) is 0 Å². The lowest BCUT2D eigenvalue weighted by molar-refractivity contribution is 0.159. The number of fused-ring (bicyclic) bond motifs is 1. The van der Waals surface area contributed by atoms with Crippen LogP contribution in [-0.4, -0.2) is 11.1 Å². The van der Waals surface area contributed by atoms with E-state index in [1.54, 1.807) is 12.1 Å². The highest BCUT2D eigenvalue weighted by molar-refractivity contribution is 6.35. The number of benzene rings is 1. The Hall–Kier alpha value is -0.280. The van der Waals surface area contributed by atoms with Crippen LogP contribution in [0.2, 0.25) is 10.0 Å². The smallest absolute Gasteiger partial charge is 0.0947 e. The van der Waals surface area contributed by atoms with Crippen molar-refractivity contribution < 1.29 is 5.11 Å². The number of nitrogens with two attached hydrogens (primary N) is 1. The van der Waals surface area contributed by atoms with Crippen LogP contribution in [-0.2, 0) is 6.42 Å². The SMILES string of the molecule is N[C@@H]1Cc2c(Cl)cc(Cl)cc2[C@@H]1O. The number of aliphatic hydroxyl groups is 1. The summed E-state index contributed by atoms with van der Waals surface area (Å²) in [6, 6.07) is 3.14. The van der Waals surface area contributed by atoms with Gasteiger partial charge in [-0.1, -0.05) is 23.2 Å². The number of halogens is 2. The van der Waals surface area contributed by atoms with E-state index in [0.29, 0.717) is 16.5 Å². The minimum atomic E-state index is -0.633.